The fraction of sp³-hybridized carbons (Fsp3) is 0.412. The molecule has 2 heterocycles. The molecule has 0 aliphatic heterocycles. The number of nitriles is 1. The molecular weight excluding hydrogens is 292 g/mol. The van der Waals surface area contributed by atoms with E-state index in [0.29, 0.717) is 12.1 Å². The SMILES string of the molecule is CC(C)(C)NC[C@H](O)COc1ncc(-n2cccc2)cc1C#N. The molecule has 0 radical (unpaired) electrons. The van der Waals surface area contributed by atoms with Crippen LogP contribution in [0.5, 0.6) is 5.88 Å². The Kier molecular flexibility index (Phi) is 5.37. The number of nitrogens with one attached hydrogen (secondary N) is 1. The largest absolute Gasteiger partial charge is 0.474 e. The number of ether oxygens (including phenoxy) is 1. The first kappa shape index (κ1) is 17.0. The van der Waals surface area contributed by atoms with Gasteiger partial charge in [0.2, 0.25) is 5.88 Å². The number of aliphatic hydroxyl groups excluding tert-OH is 1. The average Bonchev–Trinajstić information content (AvgIpc) is 3.04. The molecule has 2 rings (SSSR count). The maximum Gasteiger partial charge on any atom is 0.231 e. The van der Waals surface area contributed by atoms with Crippen LogP contribution in [0.1, 0.15) is 26.3 Å². The van der Waals surface area contributed by atoms with Gasteiger partial charge >= 0.3 is 0 Å². The van der Waals surface area contributed by atoms with Gasteiger partial charge in [-0.15, -0.1) is 0 Å². The van der Waals surface area contributed by atoms with Gasteiger partial charge < -0.3 is 19.7 Å². The van der Waals surface area contributed by atoms with Crippen LogP contribution in [0.15, 0.2) is 36.8 Å². The van der Waals surface area contributed by atoms with Gasteiger partial charge in [0.05, 0.1) is 11.9 Å². The molecule has 0 aliphatic rings. The van der Waals surface area contributed by atoms with Crippen LogP contribution in [-0.2, 0) is 0 Å². The molecule has 0 unspecified atom stereocenters. The maximum absolute atomic E-state index is 9.94. The van der Waals surface area contributed by atoms with Gasteiger partial charge in [-0.3, -0.25) is 0 Å². The van der Waals surface area contributed by atoms with Crippen LogP contribution in [-0.4, -0.2) is 39.5 Å². The summed E-state index contributed by atoms with van der Waals surface area (Å²) in [7, 11) is 0. The standard InChI is InChI=1S/C17H22N4O2/c1-17(2,3)20-11-15(22)12-23-16-13(9-18)8-14(10-19-16)21-6-4-5-7-21/h4-8,10,15,20,22H,11-12H2,1-3H3/t15-/m0/s1. The van der Waals surface area contributed by atoms with Gasteiger partial charge in [0.15, 0.2) is 0 Å². The fourth-order valence-corrected chi connectivity index (χ4v) is 1.94. The Labute approximate surface area is 136 Å². The zero-order valence-electron chi connectivity index (χ0n) is 13.7. The van der Waals surface area contributed by atoms with E-state index in [1.807, 2.05) is 49.9 Å². The van der Waals surface area contributed by atoms with Crippen LogP contribution >= 0.6 is 0 Å². The normalized spacial score (nSPS) is 12.7. The van der Waals surface area contributed by atoms with Gasteiger partial charge in [0, 0.05) is 24.5 Å². The summed E-state index contributed by atoms with van der Waals surface area (Å²) in [6, 6.07) is 7.59. The highest BCUT2D eigenvalue weighted by atomic mass is 16.5. The summed E-state index contributed by atoms with van der Waals surface area (Å²) < 4.78 is 7.36. The highest BCUT2D eigenvalue weighted by molar-refractivity contribution is 5.45. The van der Waals surface area contributed by atoms with Gasteiger partial charge in [-0.05, 0) is 39.0 Å². The van der Waals surface area contributed by atoms with Crippen molar-refractivity contribution in [1.29, 1.82) is 5.26 Å². The van der Waals surface area contributed by atoms with Crippen molar-refractivity contribution in [3.63, 3.8) is 0 Å². The van der Waals surface area contributed by atoms with Crippen molar-refractivity contribution >= 4 is 0 Å². The Morgan fingerprint density at radius 2 is 2.09 bits per heavy atom. The zero-order valence-corrected chi connectivity index (χ0v) is 13.7. The Balaban J connectivity index is 1.99. The van der Waals surface area contributed by atoms with Crippen LogP contribution in [0, 0.1) is 11.3 Å². The number of nitrogens with zero attached hydrogens (tertiary/aromatic N) is 3. The van der Waals surface area contributed by atoms with E-state index in [1.54, 1.807) is 12.3 Å². The van der Waals surface area contributed by atoms with E-state index < -0.39 is 6.10 Å². The summed E-state index contributed by atoms with van der Waals surface area (Å²) in [5.74, 6) is 0.234. The second-order valence-electron chi connectivity index (χ2n) is 6.34. The summed E-state index contributed by atoms with van der Waals surface area (Å²) in [6.45, 7) is 6.56. The third-order valence-electron chi connectivity index (χ3n) is 3.14. The second kappa shape index (κ2) is 7.27. The number of hydrogen-bond acceptors (Lipinski definition) is 5. The molecule has 0 aliphatic carbocycles. The van der Waals surface area contributed by atoms with Gasteiger partial charge in [-0.25, -0.2) is 4.98 Å². The lowest BCUT2D eigenvalue weighted by Gasteiger charge is -2.22. The van der Waals surface area contributed by atoms with E-state index in [-0.39, 0.29) is 18.0 Å². The molecule has 23 heavy (non-hydrogen) atoms. The van der Waals surface area contributed by atoms with E-state index in [1.165, 1.54) is 0 Å². The Morgan fingerprint density at radius 1 is 1.39 bits per heavy atom. The number of pyridine rings is 1. The number of β-amino-alcohol motifs (C(OH)–C–C–N with tert-alkyl or cyclic N) is 1. The maximum atomic E-state index is 9.94. The Morgan fingerprint density at radius 3 is 2.70 bits per heavy atom. The van der Waals surface area contributed by atoms with E-state index >= 15 is 0 Å². The molecule has 0 fully saturated rings. The lowest BCUT2D eigenvalue weighted by atomic mass is 10.1. The van der Waals surface area contributed by atoms with E-state index in [9.17, 15) is 10.4 Å². The lowest BCUT2D eigenvalue weighted by molar-refractivity contribution is 0.0976. The van der Waals surface area contributed by atoms with Gasteiger partial charge in [-0.2, -0.15) is 5.26 Å². The quantitative estimate of drug-likeness (QED) is 0.850. The van der Waals surface area contributed by atoms with Crippen molar-refractivity contribution in [2.45, 2.75) is 32.4 Å². The molecule has 2 aromatic heterocycles. The third kappa shape index (κ3) is 5.09. The minimum atomic E-state index is -0.674. The Bertz CT molecular complexity index is 669. The van der Waals surface area contributed by atoms with Crippen molar-refractivity contribution in [2.75, 3.05) is 13.2 Å². The molecule has 1 atom stereocenters. The average molecular weight is 314 g/mol. The molecule has 0 bridgehead atoms. The first-order chi connectivity index (χ1) is 10.9. The lowest BCUT2D eigenvalue weighted by Crippen LogP contribution is -2.42. The first-order valence-corrected chi connectivity index (χ1v) is 7.48. The summed E-state index contributed by atoms with van der Waals surface area (Å²) in [4.78, 5) is 4.19. The predicted molar refractivity (Wildman–Crippen MR) is 87.5 cm³/mol. The highest BCUT2D eigenvalue weighted by Crippen LogP contribution is 2.18. The highest BCUT2D eigenvalue weighted by Gasteiger charge is 2.14. The minimum absolute atomic E-state index is 0.0740. The molecule has 6 nitrogen and oxygen atoms in total. The molecule has 0 saturated carbocycles. The number of hydrogen-bond donors (Lipinski definition) is 2. The molecule has 0 aromatic carbocycles. The topological polar surface area (TPSA) is 83.1 Å². The molecule has 0 saturated heterocycles. The van der Waals surface area contributed by atoms with Crippen molar-refractivity contribution in [1.82, 2.24) is 14.9 Å². The van der Waals surface area contributed by atoms with Crippen LogP contribution < -0.4 is 10.1 Å². The second-order valence-corrected chi connectivity index (χ2v) is 6.34. The number of aliphatic hydroxyl groups is 1. The van der Waals surface area contributed by atoms with Crippen LogP contribution in [0.2, 0.25) is 0 Å². The molecule has 6 heteroatoms. The van der Waals surface area contributed by atoms with Gasteiger partial charge in [-0.1, -0.05) is 0 Å². The van der Waals surface area contributed by atoms with Crippen molar-refractivity contribution in [3.8, 4) is 17.6 Å². The molecule has 2 aromatic rings. The Hall–Kier alpha value is -2.36. The summed E-state index contributed by atoms with van der Waals surface area (Å²) >= 11 is 0. The molecule has 0 amide bonds. The minimum Gasteiger partial charge on any atom is -0.474 e. The van der Waals surface area contributed by atoms with Crippen molar-refractivity contribution in [3.05, 3.63) is 42.4 Å². The van der Waals surface area contributed by atoms with Crippen molar-refractivity contribution < 1.29 is 9.84 Å². The van der Waals surface area contributed by atoms with Crippen LogP contribution in [0.4, 0.5) is 0 Å². The summed E-state index contributed by atoms with van der Waals surface area (Å²) in [5, 5.41) is 22.4. The van der Waals surface area contributed by atoms with Crippen molar-refractivity contribution in [2.24, 2.45) is 0 Å². The van der Waals surface area contributed by atoms with E-state index in [0.717, 1.165) is 5.69 Å². The van der Waals surface area contributed by atoms with Crippen LogP contribution in [0.3, 0.4) is 0 Å². The monoisotopic (exact) mass is 314 g/mol. The van der Waals surface area contributed by atoms with E-state index in [2.05, 4.69) is 16.4 Å². The van der Waals surface area contributed by atoms with E-state index in [4.69, 9.17) is 4.74 Å². The fourth-order valence-electron chi connectivity index (χ4n) is 1.94. The third-order valence-corrected chi connectivity index (χ3v) is 3.14. The summed E-state index contributed by atoms with van der Waals surface area (Å²) in [6.07, 6.45) is 4.71. The van der Waals surface area contributed by atoms with Gasteiger partial charge in [0.1, 0.15) is 24.3 Å². The molecule has 2 N–H and O–H groups in total. The molecule has 122 valence electrons. The molecule has 0 spiro atoms. The summed E-state index contributed by atoms with van der Waals surface area (Å²) in [5.41, 5.74) is 1.05. The number of aromatic nitrogens is 2. The van der Waals surface area contributed by atoms with Crippen LogP contribution in [0.25, 0.3) is 5.69 Å². The predicted octanol–water partition coefficient (Wildman–Crippen LogP) is 1.87. The van der Waals surface area contributed by atoms with Gasteiger partial charge in [0.25, 0.3) is 0 Å². The number of rotatable bonds is 6. The smallest absolute Gasteiger partial charge is 0.231 e. The zero-order chi connectivity index (χ0) is 16.9. The first-order valence-electron chi connectivity index (χ1n) is 7.48. The molecular formula is C17H22N4O2.